The molecule has 2 heterocycles. The molecule has 7 nitrogen and oxygen atoms in total. The van der Waals surface area contributed by atoms with Crippen LogP contribution in [0, 0.1) is 11.8 Å². The third-order valence-electron chi connectivity index (χ3n) is 8.25. The number of amides is 1. The second-order valence-electron chi connectivity index (χ2n) is 12.9. The van der Waals surface area contributed by atoms with Gasteiger partial charge in [-0.1, -0.05) is 26.0 Å². The predicted molar refractivity (Wildman–Crippen MR) is 166 cm³/mol. The van der Waals surface area contributed by atoms with Crippen molar-refractivity contribution in [2.45, 2.75) is 63.9 Å². The van der Waals surface area contributed by atoms with Gasteiger partial charge in [0.2, 0.25) is 5.91 Å². The van der Waals surface area contributed by atoms with Gasteiger partial charge in [0.1, 0.15) is 5.75 Å². The number of halogens is 3. The standard InChI is InChI=1S/C32H45F3N4O3S/c1-21(2)17-28(37-43(41)31(3,4)5)25-18-23(32(33,34)35)9-12-29(25)38-13-15-39(16-14-38)30(40)27-20-36-19-26(27)22-7-10-24(42-6)11-8-22/h7-12,18,21,26-28,36-37H,13-17,19-20H2,1-6H3/t26?,27?,28-,43?/m0/s1. The molecule has 0 spiro atoms. The number of carbonyl (C=O) groups excluding carboxylic acids is 1. The van der Waals surface area contributed by atoms with E-state index in [1.165, 1.54) is 12.1 Å². The SMILES string of the molecule is COc1ccc(C2CNCC2C(=O)N2CCN(c3ccc(C(F)(F)F)cc3[C@H](CC(C)C)NS(=O)C(C)(C)C)CC2)cc1. The predicted octanol–water partition coefficient (Wildman–Crippen LogP) is 5.50. The number of ether oxygens (including phenoxy) is 1. The Bertz CT molecular complexity index is 1270. The largest absolute Gasteiger partial charge is 0.497 e. The first-order valence-corrected chi connectivity index (χ1v) is 16.1. The Morgan fingerprint density at radius 3 is 2.26 bits per heavy atom. The molecule has 2 saturated heterocycles. The molecule has 43 heavy (non-hydrogen) atoms. The van der Waals surface area contributed by atoms with Crippen LogP contribution in [0.3, 0.4) is 0 Å². The Morgan fingerprint density at radius 2 is 1.70 bits per heavy atom. The molecule has 1 amide bonds. The van der Waals surface area contributed by atoms with E-state index < -0.39 is 33.5 Å². The number of benzene rings is 2. The average Bonchev–Trinajstić information content (AvgIpc) is 3.45. The lowest BCUT2D eigenvalue weighted by Crippen LogP contribution is -2.51. The molecule has 0 saturated carbocycles. The molecule has 0 aliphatic carbocycles. The van der Waals surface area contributed by atoms with E-state index in [9.17, 15) is 22.2 Å². The van der Waals surface area contributed by atoms with Crippen molar-refractivity contribution in [3.63, 3.8) is 0 Å². The third-order valence-corrected chi connectivity index (χ3v) is 9.86. The van der Waals surface area contributed by atoms with Gasteiger partial charge in [-0.05, 0) is 74.6 Å². The van der Waals surface area contributed by atoms with E-state index in [1.807, 2.05) is 63.8 Å². The van der Waals surface area contributed by atoms with Gasteiger partial charge in [-0.15, -0.1) is 0 Å². The maximum Gasteiger partial charge on any atom is 0.416 e. The first-order valence-electron chi connectivity index (χ1n) is 15.0. The highest BCUT2D eigenvalue weighted by molar-refractivity contribution is 7.84. The van der Waals surface area contributed by atoms with Crippen LogP contribution >= 0.6 is 0 Å². The summed E-state index contributed by atoms with van der Waals surface area (Å²) in [5, 5.41) is 3.37. The van der Waals surface area contributed by atoms with Crippen LogP contribution in [0.4, 0.5) is 18.9 Å². The normalized spacial score (nSPS) is 21.3. The zero-order valence-corrected chi connectivity index (χ0v) is 26.8. The summed E-state index contributed by atoms with van der Waals surface area (Å²) in [5.41, 5.74) is 1.53. The smallest absolute Gasteiger partial charge is 0.416 e. The summed E-state index contributed by atoms with van der Waals surface area (Å²) in [6, 6.07) is 11.2. The average molecular weight is 623 g/mol. The Labute approximate surface area is 256 Å². The molecule has 2 aliphatic heterocycles. The first kappa shape index (κ1) is 33.3. The van der Waals surface area contributed by atoms with Crippen molar-refractivity contribution in [3.8, 4) is 5.75 Å². The lowest BCUT2D eigenvalue weighted by atomic mass is 9.87. The number of methoxy groups -OCH3 is 1. The molecule has 0 aromatic heterocycles. The third kappa shape index (κ3) is 8.10. The minimum absolute atomic E-state index is 0.0597. The van der Waals surface area contributed by atoms with Crippen LogP contribution in [0.2, 0.25) is 0 Å². The number of piperazine rings is 1. The number of alkyl halides is 3. The number of hydrogen-bond acceptors (Lipinski definition) is 5. The molecule has 4 atom stereocenters. The van der Waals surface area contributed by atoms with Crippen molar-refractivity contribution >= 4 is 22.6 Å². The molecule has 4 rings (SSSR count). The van der Waals surface area contributed by atoms with Crippen molar-refractivity contribution in [1.82, 2.24) is 14.9 Å². The molecule has 2 aromatic rings. The molecule has 11 heteroatoms. The Balaban J connectivity index is 1.54. The van der Waals surface area contributed by atoms with Gasteiger partial charge in [0.25, 0.3) is 0 Å². The fourth-order valence-corrected chi connectivity index (χ4v) is 6.69. The molecule has 0 radical (unpaired) electrons. The summed E-state index contributed by atoms with van der Waals surface area (Å²) in [4.78, 5) is 17.6. The summed E-state index contributed by atoms with van der Waals surface area (Å²) in [6.45, 7) is 12.8. The molecular weight excluding hydrogens is 577 g/mol. The lowest BCUT2D eigenvalue weighted by Gasteiger charge is -2.39. The van der Waals surface area contributed by atoms with Crippen molar-refractivity contribution in [2.24, 2.45) is 11.8 Å². The fourth-order valence-electron chi connectivity index (χ4n) is 5.86. The van der Waals surface area contributed by atoms with Crippen LogP contribution < -0.4 is 19.7 Å². The number of carbonyl (C=O) groups is 1. The van der Waals surface area contributed by atoms with Crippen LogP contribution in [-0.2, 0) is 22.0 Å². The Hall–Kier alpha value is -2.63. The van der Waals surface area contributed by atoms with Gasteiger partial charge >= 0.3 is 6.18 Å². The Morgan fingerprint density at radius 1 is 1.05 bits per heavy atom. The summed E-state index contributed by atoms with van der Waals surface area (Å²) in [7, 11) is 0.149. The zero-order chi connectivity index (χ0) is 31.5. The van der Waals surface area contributed by atoms with E-state index in [0.717, 1.165) is 23.9 Å². The van der Waals surface area contributed by atoms with Gasteiger partial charge in [0.05, 0.1) is 34.3 Å². The highest BCUT2D eigenvalue weighted by atomic mass is 32.2. The van der Waals surface area contributed by atoms with Gasteiger partial charge < -0.3 is 19.9 Å². The highest BCUT2D eigenvalue weighted by Gasteiger charge is 2.38. The minimum atomic E-state index is -4.50. The molecule has 2 fully saturated rings. The maximum absolute atomic E-state index is 13.9. The molecule has 2 aliphatic rings. The van der Waals surface area contributed by atoms with Crippen LogP contribution in [0.1, 0.15) is 69.7 Å². The Kier molecular flexibility index (Phi) is 10.5. The number of hydrogen-bond donors (Lipinski definition) is 2. The number of nitrogens with zero attached hydrogens (tertiary/aromatic N) is 2. The van der Waals surface area contributed by atoms with Crippen LogP contribution in [0.15, 0.2) is 42.5 Å². The topological polar surface area (TPSA) is 73.9 Å². The maximum atomic E-state index is 13.9. The lowest BCUT2D eigenvalue weighted by molar-refractivity contribution is -0.138. The van der Waals surface area contributed by atoms with Gasteiger partial charge in [-0.2, -0.15) is 13.2 Å². The first-order chi connectivity index (χ1) is 20.2. The second kappa shape index (κ2) is 13.6. The van der Waals surface area contributed by atoms with Crippen LogP contribution in [0.25, 0.3) is 0 Å². The molecular formula is C32H45F3N4O3S. The summed E-state index contributed by atoms with van der Waals surface area (Å²) in [5.74, 6) is 0.896. The summed E-state index contributed by atoms with van der Waals surface area (Å²) in [6.07, 6.45) is -3.98. The number of anilines is 1. The van der Waals surface area contributed by atoms with E-state index in [2.05, 4.69) is 14.9 Å². The molecule has 2 N–H and O–H groups in total. The minimum Gasteiger partial charge on any atom is -0.497 e. The fraction of sp³-hybridized carbons (Fsp3) is 0.594. The second-order valence-corrected chi connectivity index (χ2v) is 14.9. The molecule has 3 unspecified atom stereocenters. The van der Waals surface area contributed by atoms with E-state index in [4.69, 9.17) is 4.74 Å². The van der Waals surface area contributed by atoms with E-state index >= 15 is 0 Å². The highest BCUT2D eigenvalue weighted by Crippen LogP contribution is 2.38. The monoisotopic (exact) mass is 622 g/mol. The summed E-state index contributed by atoms with van der Waals surface area (Å²) < 4.78 is 62.5. The number of nitrogens with one attached hydrogen (secondary N) is 2. The molecule has 238 valence electrons. The zero-order valence-electron chi connectivity index (χ0n) is 26.0. The number of rotatable bonds is 9. The summed E-state index contributed by atoms with van der Waals surface area (Å²) >= 11 is 0. The quantitative estimate of drug-likeness (QED) is 0.386. The van der Waals surface area contributed by atoms with Gasteiger partial charge in [-0.3, -0.25) is 4.79 Å². The van der Waals surface area contributed by atoms with Gasteiger partial charge in [-0.25, -0.2) is 8.93 Å². The van der Waals surface area contributed by atoms with Crippen LogP contribution in [-0.4, -0.2) is 66.1 Å². The molecule has 0 bridgehead atoms. The van der Waals surface area contributed by atoms with Crippen LogP contribution in [0.5, 0.6) is 5.75 Å². The van der Waals surface area contributed by atoms with Crippen molar-refractivity contribution < 1.29 is 26.9 Å². The molecule has 2 aromatic carbocycles. The van der Waals surface area contributed by atoms with E-state index in [1.54, 1.807) is 7.11 Å². The van der Waals surface area contributed by atoms with E-state index in [0.29, 0.717) is 50.4 Å². The van der Waals surface area contributed by atoms with Gasteiger partial charge in [0.15, 0.2) is 0 Å². The van der Waals surface area contributed by atoms with Gasteiger partial charge in [0, 0.05) is 56.9 Å². The van der Waals surface area contributed by atoms with Crippen molar-refractivity contribution in [1.29, 1.82) is 0 Å². The van der Waals surface area contributed by atoms with Crippen molar-refractivity contribution in [3.05, 3.63) is 59.2 Å². The van der Waals surface area contributed by atoms with Crippen molar-refractivity contribution in [2.75, 3.05) is 51.3 Å². The van der Waals surface area contributed by atoms with E-state index in [-0.39, 0.29) is 23.7 Å².